The van der Waals surface area contributed by atoms with Crippen LogP contribution in [0.25, 0.3) is 16.7 Å². The van der Waals surface area contributed by atoms with Crippen molar-refractivity contribution in [1.29, 1.82) is 0 Å². The summed E-state index contributed by atoms with van der Waals surface area (Å²) in [5.74, 6) is -0.470. The van der Waals surface area contributed by atoms with Crippen molar-refractivity contribution in [3.8, 4) is 11.1 Å². The van der Waals surface area contributed by atoms with E-state index in [0.717, 1.165) is 26.7 Å². The average Bonchev–Trinajstić information content (AvgIpc) is 2.65. The van der Waals surface area contributed by atoms with Gasteiger partial charge in [-0.15, -0.1) is 0 Å². The summed E-state index contributed by atoms with van der Waals surface area (Å²) in [5.41, 5.74) is 1.95. The number of ether oxygens (including phenoxy) is 2. The summed E-state index contributed by atoms with van der Waals surface area (Å²) in [5, 5.41) is 0.629. The summed E-state index contributed by atoms with van der Waals surface area (Å²) in [4.78, 5) is 25.5. The van der Waals surface area contributed by atoms with Gasteiger partial charge in [-0.1, -0.05) is 52.7 Å². The summed E-state index contributed by atoms with van der Waals surface area (Å²) in [6.07, 6.45) is 0.712. The van der Waals surface area contributed by atoms with Gasteiger partial charge in [0.25, 0.3) is 0 Å². The van der Waals surface area contributed by atoms with Crippen molar-refractivity contribution in [2.45, 2.75) is 59.2 Å². The molecule has 0 atom stereocenters. The van der Waals surface area contributed by atoms with Crippen LogP contribution in [0.1, 0.15) is 52.7 Å². The van der Waals surface area contributed by atoms with E-state index in [1.165, 1.54) is 6.92 Å². The smallest absolute Gasteiger partial charge is 0.307 e. The molecule has 0 aromatic heterocycles. The number of aryl methyl sites for hydroxylation is 1. The number of rotatable bonds is 4. The number of carbonyl (C=O) groups excluding carboxylic acids is 2. The molecule has 2 aromatic rings. The second-order valence-corrected chi connectivity index (χ2v) is 9.89. The second kappa shape index (κ2) is 8.53. The molecule has 2 aromatic carbocycles. The maximum absolute atomic E-state index is 13.6. The van der Waals surface area contributed by atoms with Crippen molar-refractivity contribution in [2.24, 2.45) is 0 Å². The van der Waals surface area contributed by atoms with Gasteiger partial charge in [0.15, 0.2) is 11.5 Å². The average molecular weight is 506 g/mol. The van der Waals surface area contributed by atoms with Crippen LogP contribution in [-0.2, 0) is 25.5 Å². The van der Waals surface area contributed by atoms with Crippen LogP contribution < -0.4 is 0 Å². The zero-order valence-electron chi connectivity index (χ0n) is 18.6. The number of hydrogen-bond donors (Lipinski definition) is 0. The molecule has 4 nitrogen and oxygen atoms in total. The molecule has 0 amide bonds. The van der Waals surface area contributed by atoms with E-state index in [1.54, 1.807) is 13.8 Å². The minimum absolute atomic E-state index is 0.218. The molecule has 1 aliphatic heterocycles. The predicted molar refractivity (Wildman–Crippen MR) is 127 cm³/mol. The highest BCUT2D eigenvalue weighted by atomic mass is 79.9. The number of hydrogen-bond acceptors (Lipinski definition) is 4. The highest BCUT2D eigenvalue weighted by Crippen LogP contribution is 2.44. The molecule has 0 saturated heterocycles. The van der Waals surface area contributed by atoms with Crippen LogP contribution in [0.4, 0.5) is 0 Å². The first-order chi connectivity index (χ1) is 14.4. The van der Waals surface area contributed by atoms with Gasteiger partial charge in [-0.2, -0.15) is 0 Å². The van der Waals surface area contributed by atoms with Crippen LogP contribution >= 0.6 is 27.5 Å². The first kappa shape index (κ1) is 23.7. The van der Waals surface area contributed by atoms with Gasteiger partial charge < -0.3 is 9.47 Å². The van der Waals surface area contributed by atoms with Crippen LogP contribution in [0.15, 0.2) is 46.6 Å². The SMILES string of the molecule is CCc1ccc(-c2ccc(Cl)cc2Br)cc1C1=C(OC(C)=O)C(C)(C)OC(C)(C)C1=O. The molecule has 0 aliphatic carbocycles. The van der Waals surface area contributed by atoms with Crippen molar-refractivity contribution >= 4 is 44.9 Å². The van der Waals surface area contributed by atoms with Crippen molar-refractivity contribution in [1.82, 2.24) is 0 Å². The minimum atomic E-state index is -1.07. The van der Waals surface area contributed by atoms with Crippen molar-refractivity contribution in [2.75, 3.05) is 0 Å². The van der Waals surface area contributed by atoms with Gasteiger partial charge in [-0.3, -0.25) is 9.59 Å². The maximum atomic E-state index is 13.6. The lowest BCUT2D eigenvalue weighted by Crippen LogP contribution is -2.50. The summed E-state index contributed by atoms with van der Waals surface area (Å²) in [6.45, 7) is 10.5. The van der Waals surface area contributed by atoms with Gasteiger partial charge in [0.2, 0.25) is 0 Å². The Bertz CT molecular complexity index is 1100. The molecule has 0 N–H and O–H groups in total. The zero-order chi connectivity index (χ0) is 23.1. The zero-order valence-corrected chi connectivity index (χ0v) is 20.9. The van der Waals surface area contributed by atoms with Crippen LogP contribution in [-0.4, -0.2) is 23.0 Å². The fourth-order valence-electron chi connectivity index (χ4n) is 4.01. The topological polar surface area (TPSA) is 52.6 Å². The molecule has 1 heterocycles. The molecular formula is C25H26BrClO4. The lowest BCUT2D eigenvalue weighted by molar-refractivity contribution is -0.165. The third kappa shape index (κ3) is 4.64. The van der Waals surface area contributed by atoms with Crippen LogP contribution in [0.5, 0.6) is 0 Å². The largest absolute Gasteiger partial charge is 0.427 e. The Labute approximate surface area is 196 Å². The van der Waals surface area contributed by atoms with Crippen molar-refractivity contribution in [3.63, 3.8) is 0 Å². The molecule has 1 aliphatic rings. The predicted octanol–water partition coefficient (Wildman–Crippen LogP) is 6.76. The highest BCUT2D eigenvalue weighted by molar-refractivity contribution is 9.10. The molecule has 0 bridgehead atoms. The Morgan fingerprint density at radius 1 is 1.06 bits per heavy atom. The minimum Gasteiger partial charge on any atom is -0.427 e. The fourth-order valence-corrected chi connectivity index (χ4v) is 4.92. The summed E-state index contributed by atoms with van der Waals surface area (Å²) in [7, 11) is 0. The first-order valence-corrected chi connectivity index (χ1v) is 11.3. The quantitative estimate of drug-likeness (QED) is 0.431. The number of halogens is 2. The lowest BCUT2D eigenvalue weighted by atomic mass is 9.80. The van der Waals surface area contributed by atoms with Crippen LogP contribution in [0.3, 0.4) is 0 Å². The second-order valence-electron chi connectivity index (χ2n) is 8.60. The molecule has 3 rings (SSSR count). The standard InChI is InChI=1S/C25H26BrClO4/c1-7-15-8-9-16(18-11-10-17(27)13-20(18)26)12-19(15)21-22(29)24(3,4)31-25(5,6)23(21)30-14(2)28/h8-13H,7H2,1-6H3. The number of Topliss-reactive ketones (excluding diaryl/α,β-unsaturated/α-hetero) is 1. The van der Waals surface area contributed by atoms with Crippen LogP contribution in [0.2, 0.25) is 5.02 Å². The van der Waals surface area contributed by atoms with E-state index in [4.69, 9.17) is 21.1 Å². The van der Waals surface area contributed by atoms with Crippen molar-refractivity contribution < 1.29 is 19.1 Å². The molecule has 0 saturated carbocycles. The summed E-state index contributed by atoms with van der Waals surface area (Å²) >= 11 is 9.69. The third-order valence-electron chi connectivity index (χ3n) is 5.31. The van der Waals surface area contributed by atoms with E-state index in [9.17, 15) is 9.59 Å². The van der Waals surface area contributed by atoms with Gasteiger partial charge in [-0.25, -0.2) is 0 Å². The highest BCUT2D eigenvalue weighted by Gasteiger charge is 2.48. The van der Waals surface area contributed by atoms with Crippen LogP contribution in [0, 0.1) is 0 Å². The Balaban J connectivity index is 2.34. The van der Waals surface area contributed by atoms with Crippen molar-refractivity contribution in [3.05, 3.63) is 62.8 Å². The number of esters is 1. The lowest BCUT2D eigenvalue weighted by Gasteiger charge is -2.42. The Hall–Kier alpha value is -1.95. The van der Waals surface area contributed by atoms with E-state index < -0.39 is 17.2 Å². The summed E-state index contributed by atoms with van der Waals surface area (Å²) < 4.78 is 12.5. The summed E-state index contributed by atoms with van der Waals surface area (Å²) in [6, 6.07) is 11.6. The maximum Gasteiger partial charge on any atom is 0.307 e. The van der Waals surface area contributed by atoms with Gasteiger partial charge >= 0.3 is 5.97 Å². The molecule has 6 heteroatoms. The van der Waals surface area contributed by atoms with E-state index in [0.29, 0.717) is 17.0 Å². The normalized spacial score (nSPS) is 17.6. The molecule has 164 valence electrons. The van der Waals surface area contributed by atoms with Gasteiger partial charge in [0.05, 0.1) is 5.57 Å². The number of ketones is 1. The first-order valence-electron chi connectivity index (χ1n) is 10.1. The monoisotopic (exact) mass is 504 g/mol. The van der Waals surface area contributed by atoms with Gasteiger partial charge in [-0.05, 0) is 74.6 Å². The number of benzene rings is 2. The Kier molecular flexibility index (Phi) is 6.52. The molecule has 0 spiro atoms. The van der Waals surface area contributed by atoms with E-state index in [-0.39, 0.29) is 11.5 Å². The van der Waals surface area contributed by atoms with Gasteiger partial charge in [0.1, 0.15) is 11.2 Å². The Morgan fingerprint density at radius 2 is 1.74 bits per heavy atom. The van der Waals surface area contributed by atoms with Gasteiger partial charge in [0, 0.05) is 16.4 Å². The Morgan fingerprint density at radius 3 is 2.32 bits per heavy atom. The number of carbonyl (C=O) groups is 2. The molecule has 0 fully saturated rings. The molecule has 0 unspecified atom stereocenters. The molecule has 31 heavy (non-hydrogen) atoms. The molecular weight excluding hydrogens is 480 g/mol. The van der Waals surface area contributed by atoms with E-state index >= 15 is 0 Å². The fraction of sp³-hybridized carbons (Fsp3) is 0.360. The molecule has 0 radical (unpaired) electrons. The van der Waals surface area contributed by atoms with E-state index in [2.05, 4.69) is 15.9 Å². The third-order valence-corrected chi connectivity index (χ3v) is 6.20. The van der Waals surface area contributed by atoms with E-state index in [1.807, 2.05) is 57.2 Å².